The third-order valence-electron chi connectivity index (χ3n) is 11.9. The highest BCUT2D eigenvalue weighted by atomic mass is 14.5. The normalized spacial score (nSPS) is 13.2. The molecular formula is C51H74N2. The molecule has 0 saturated heterocycles. The van der Waals surface area contributed by atoms with Crippen molar-refractivity contribution in [1.29, 1.82) is 0 Å². The highest BCUT2D eigenvalue weighted by molar-refractivity contribution is 5.50. The lowest BCUT2D eigenvalue weighted by molar-refractivity contribution is 0.558. The Morgan fingerprint density at radius 3 is 1.00 bits per heavy atom. The smallest absolute Gasteiger partial charge is 0.0316 e. The Morgan fingerprint density at radius 2 is 0.660 bits per heavy atom. The van der Waals surface area contributed by atoms with Gasteiger partial charge in [0.1, 0.15) is 0 Å². The Hall–Kier alpha value is -3.52. The van der Waals surface area contributed by atoms with Gasteiger partial charge in [0.05, 0.1) is 0 Å². The number of anilines is 2. The van der Waals surface area contributed by atoms with Crippen molar-refractivity contribution in [2.24, 2.45) is 0 Å². The minimum atomic E-state index is 0.401. The molecule has 0 aliphatic carbocycles. The van der Waals surface area contributed by atoms with E-state index in [1.54, 1.807) is 0 Å². The van der Waals surface area contributed by atoms with E-state index < -0.39 is 0 Å². The number of benzene rings is 4. The highest BCUT2D eigenvalue weighted by Crippen LogP contribution is 2.38. The molecule has 0 spiro atoms. The molecule has 0 aliphatic rings. The van der Waals surface area contributed by atoms with E-state index in [-0.39, 0.29) is 0 Å². The van der Waals surface area contributed by atoms with E-state index in [0.29, 0.717) is 17.8 Å². The molecule has 2 heteroatoms. The molecule has 53 heavy (non-hydrogen) atoms. The third-order valence-corrected chi connectivity index (χ3v) is 11.9. The molecule has 4 aromatic rings. The van der Waals surface area contributed by atoms with Crippen LogP contribution in [0.1, 0.15) is 205 Å². The van der Waals surface area contributed by atoms with Crippen LogP contribution in [0.25, 0.3) is 0 Å². The van der Waals surface area contributed by atoms with Crippen molar-refractivity contribution in [2.75, 3.05) is 11.5 Å². The highest BCUT2D eigenvalue weighted by Gasteiger charge is 2.21. The van der Waals surface area contributed by atoms with Gasteiger partial charge in [0, 0.05) is 29.1 Å². The first kappa shape index (κ1) is 42.2. The Kier molecular flexibility index (Phi) is 18.6. The van der Waals surface area contributed by atoms with Crippen molar-refractivity contribution in [3.05, 3.63) is 129 Å². The van der Waals surface area contributed by atoms with Crippen LogP contribution in [0.3, 0.4) is 0 Å². The lowest BCUT2D eigenvalue weighted by Crippen LogP contribution is -2.07. The third kappa shape index (κ3) is 13.4. The molecule has 2 atom stereocenters. The van der Waals surface area contributed by atoms with Gasteiger partial charge >= 0.3 is 0 Å². The predicted molar refractivity (Wildman–Crippen MR) is 234 cm³/mol. The van der Waals surface area contributed by atoms with Crippen molar-refractivity contribution in [1.82, 2.24) is 0 Å². The average molecular weight is 715 g/mol. The van der Waals surface area contributed by atoms with Crippen LogP contribution in [0.2, 0.25) is 0 Å². The number of rotatable bonds is 25. The first-order valence-corrected chi connectivity index (χ1v) is 21.8. The zero-order valence-corrected chi connectivity index (χ0v) is 34.4. The maximum Gasteiger partial charge on any atom is 0.0316 e. The quantitative estimate of drug-likeness (QED) is 0.0530. The molecule has 0 aliphatic heterocycles. The molecule has 0 amide bonds. The lowest BCUT2D eigenvalue weighted by Gasteiger charge is -2.24. The molecule has 0 saturated carbocycles. The summed E-state index contributed by atoms with van der Waals surface area (Å²) in [6.45, 7) is 11.4. The number of unbranched alkanes of at least 4 members (excludes halogenated alkanes) is 13. The topological polar surface area (TPSA) is 52.0 Å². The van der Waals surface area contributed by atoms with Crippen molar-refractivity contribution >= 4 is 11.4 Å². The number of hydrogen-bond donors (Lipinski definition) is 2. The van der Waals surface area contributed by atoms with Gasteiger partial charge in [-0.2, -0.15) is 0 Å². The summed E-state index contributed by atoms with van der Waals surface area (Å²) < 4.78 is 0. The fraction of sp³-hybridized carbons (Fsp3) is 0.529. The van der Waals surface area contributed by atoms with E-state index in [4.69, 9.17) is 11.5 Å². The summed E-state index contributed by atoms with van der Waals surface area (Å²) in [7, 11) is 0. The van der Waals surface area contributed by atoms with Gasteiger partial charge in [-0.1, -0.05) is 184 Å². The Bertz CT molecular complexity index is 1470. The molecule has 0 fully saturated rings. The average Bonchev–Trinajstić information content (AvgIpc) is 3.16. The Balaban J connectivity index is 1.54. The summed E-state index contributed by atoms with van der Waals surface area (Å²) in [4.78, 5) is 0. The van der Waals surface area contributed by atoms with E-state index >= 15 is 0 Å². The van der Waals surface area contributed by atoms with Crippen LogP contribution in [-0.2, 0) is 0 Å². The molecule has 2 unspecified atom stereocenters. The van der Waals surface area contributed by atoms with Gasteiger partial charge in [-0.3, -0.25) is 0 Å². The van der Waals surface area contributed by atoms with E-state index in [1.165, 1.54) is 167 Å². The van der Waals surface area contributed by atoms with Crippen LogP contribution in [0.15, 0.2) is 84.9 Å². The van der Waals surface area contributed by atoms with Gasteiger partial charge in [0.25, 0.3) is 0 Å². The maximum atomic E-state index is 6.20. The van der Waals surface area contributed by atoms with Crippen LogP contribution < -0.4 is 11.5 Å². The zero-order valence-electron chi connectivity index (χ0n) is 34.4. The summed E-state index contributed by atoms with van der Waals surface area (Å²) in [5, 5.41) is 0. The molecule has 4 rings (SSSR count). The van der Waals surface area contributed by atoms with Crippen LogP contribution in [0.5, 0.6) is 0 Å². The largest absolute Gasteiger partial charge is 0.399 e. The van der Waals surface area contributed by atoms with Gasteiger partial charge in [-0.05, 0) is 102 Å². The van der Waals surface area contributed by atoms with Crippen LogP contribution >= 0.6 is 0 Å². The van der Waals surface area contributed by atoms with Gasteiger partial charge in [0.15, 0.2) is 0 Å². The maximum absolute atomic E-state index is 6.20. The van der Waals surface area contributed by atoms with E-state index in [9.17, 15) is 0 Å². The van der Waals surface area contributed by atoms with Gasteiger partial charge in [0.2, 0.25) is 0 Å². The number of nitrogen functional groups attached to an aromatic ring is 2. The summed E-state index contributed by atoms with van der Waals surface area (Å²) in [5.74, 6) is 1.20. The Morgan fingerprint density at radius 1 is 0.358 bits per heavy atom. The van der Waals surface area contributed by atoms with Gasteiger partial charge in [-0.25, -0.2) is 0 Å². The number of hydrogen-bond acceptors (Lipinski definition) is 2. The van der Waals surface area contributed by atoms with Crippen LogP contribution in [0, 0.1) is 13.8 Å². The first-order chi connectivity index (χ1) is 25.9. The minimum Gasteiger partial charge on any atom is -0.399 e. The summed E-state index contributed by atoms with van der Waals surface area (Å²) in [6, 6.07) is 32.6. The number of aryl methyl sites for hydroxylation is 2. The SMILES string of the molecule is CCCCCCCCCC(c1ccc(C(CCCC)c2ccc(C(CCCCCCCCC)c3ccc(N)cc3C)cc2)cc1)c1ccc(N)cc1C. The van der Waals surface area contributed by atoms with Crippen molar-refractivity contribution in [3.8, 4) is 0 Å². The monoisotopic (exact) mass is 715 g/mol. The summed E-state index contributed by atoms with van der Waals surface area (Å²) in [5.41, 5.74) is 25.3. The van der Waals surface area contributed by atoms with E-state index in [1.807, 2.05) is 0 Å². The van der Waals surface area contributed by atoms with Crippen molar-refractivity contribution in [2.45, 2.75) is 174 Å². The predicted octanol–water partition coefficient (Wildman–Crippen LogP) is 15.3. The second-order valence-corrected chi connectivity index (χ2v) is 16.2. The van der Waals surface area contributed by atoms with Gasteiger partial charge in [-0.15, -0.1) is 0 Å². The second-order valence-electron chi connectivity index (χ2n) is 16.2. The summed E-state index contributed by atoms with van der Waals surface area (Å²) >= 11 is 0. The molecule has 4 aromatic carbocycles. The first-order valence-electron chi connectivity index (χ1n) is 21.8. The molecule has 288 valence electrons. The van der Waals surface area contributed by atoms with E-state index in [2.05, 4.69) is 120 Å². The molecule has 4 N–H and O–H groups in total. The van der Waals surface area contributed by atoms with Crippen molar-refractivity contribution < 1.29 is 0 Å². The standard InChI is InChI=1S/C51H74N2/c1-6-9-12-14-16-18-20-23-50(47-35-33-45(52)37-39(47)4)43-29-25-41(26-30-43)49(22-11-8-3)42-27-31-44(32-28-42)51(24-21-19-17-15-13-10-7-2)48-36-34-46(53)38-40(48)5/h25-38,49-51H,6-24,52-53H2,1-5H3. The number of nitrogens with two attached hydrogens (primary N) is 2. The summed E-state index contributed by atoms with van der Waals surface area (Å²) in [6.07, 6.45) is 24.7. The molecule has 0 aromatic heterocycles. The minimum absolute atomic E-state index is 0.401. The lowest BCUT2D eigenvalue weighted by atomic mass is 9.81. The molecule has 0 bridgehead atoms. The molecule has 0 heterocycles. The fourth-order valence-corrected chi connectivity index (χ4v) is 8.65. The fourth-order valence-electron chi connectivity index (χ4n) is 8.65. The molecule has 2 nitrogen and oxygen atoms in total. The van der Waals surface area contributed by atoms with Gasteiger partial charge < -0.3 is 11.5 Å². The Labute approximate surface area is 325 Å². The second kappa shape index (κ2) is 23.3. The van der Waals surface area contributed by atoms with Crippen LogP contribution in [0.4, 0.5) is 11.4 Å². The molecular weight excluding hydrogens is 641 g/mol. The van der Waals surface area contributed by atoms with Crippen molar-refractivity contribution in [3.63, 3.8) is 0 Å². The zero-order chi connectivity index (χ0) is 37.8. The van der Waals surface area contributed by atoms with Crippen LogP contribution in [-0.4, -0.2) is 0 Å². The van der Waals surface area contributed by atoms with E-state index in [0.717, 1.165) is 11.4 Å². The molecule has 0 radical (unpaired) electrons.